The van der Waals surface area contributed by atoms with Gasteiger partial charge >= 0.3 is 0 Å². The van der Waals surface area contributed by atoms with E-state index < -0.39 is 0 Å². The quantitative estimate of drug-likeness (QED) is 0.570. The molecule has 0 aliphatic heterocycles. The molecule has 13 heavy (non-hydrogen) atoms. The molecule has 0 N–H and O–H groups in total. The second-order valence-corrected chi connectivity index (χ2v) is 6.46. The lowest BCUT2D eigenvalue weighted by Gasteiger charge is -2.41. The largest absolute Gasteiger partial charge is 0.0625 e. The van der Waals surface area contributed by atoms with Gasteiger partial charge in [0.1, 0.15) is 0 Å². The minimum absolute atomic E-state index is 0.613. The summed E-state index contributed by atoms with van der Waals surface area (Å²) in [5.41, 5.74) is 1.26. The predicted octanol–water partition coefficient (Wildman–Crippen LogP) is 4.10. The molecule has 0 aromatic carbocycles. The van der Waals surface area contributed by atoms with Crippen molar-refractivity contribution in [2.24, 2.45) is 28.6 Å². The van der Waals surface area contributed by atoms with E-state index in [9.17, 15) is 0 Å². The van der Waals surface area contributed by atoms with Crippen molar-refractivity contribution in [3.8, 4) is 0 Å². The third-order valence-electron chi connectivity index (χ3n) is 5.67. The van der Waals surface area contributed by atoms with Gasteiger partial charge in [0.05, 0.1) is 0 Å². The average Bonchev–Trinajstić information content (AvgIpc) is 2.34. The molecule has 3 atom stereocenters. The van der Waals surface area contributed by atoms with Crippen LogP contribution in [-0.2, 0) is 0 Å². The Morgan fingerprint density at radius 1 is 1.15 bits per heavy atom. The van der Waals surface area contributed by atoms with Gasteiger partial charge in [0.2, 0.25) is 0 Å². The van der Waals surface area contributed by atoms with E-state index >= 15 is 0 Å². The molecular weight excluding hydrogens is 156 g/mol. The van der Waals surface area contributed by atoms with Gasteiger partial charge in [0.25, 0.3) is 0 Å². The van der Waals surface area contributed by atoms with Gasteiger partial charge < -0.3 is 0 Å². The van der Waals surface area contributed by atoms with Crippen LogP contribution in [-0.4, -0.2) is 0 Å². The fourth-order valence-electron chi connectivity index (χ4n) is 4.27. The van der Waals surface area contributed by atoms with Crippen LogP contribution in [0.4, 0.5) is 0 Å². The van der Waals surface area contributed by atoms with Gasteiger partial charge in [-0.25, -0.2) is 0 Å². The maximum atomic E-state index is 2.55. The molecule has 0 spiro atoms. The highest BCUT2D eigenvalue weighted by atomic mass is 14.7. The van der Waals surface area contributed by atoms with Crippen molar-refractivity contribution >= 4 is 0 Å². The van der Waals surface area contributed by atoms with Crippen molar-refractivity contribution in [1.82, 2.24) is 0 Å². The minimum Gasteiger partial charge on any atom is -0.0625 e. The van der Waals surface area contributed by atoms with Gasteiger partial charge in [-0.1, -0.05) is 34.6 Å². The maximum absolute atomic E-state index is 2.55. The third kappa shape index (κ3) is 0.980. The molecule has 0 nitrogen and oxygen atoms in total. The molecule has 2 bridgehead atoms. The first-order chi connectivity index (χ1) is 5.89. The summed E-state index contributed by atoms with van der Waals surface area (Å²) < 4.78 is 0. The molecule has 0 unspecified atom stereocenters. The standard InChI is InChI=1S/C13H24/c1-9(2)11-8-10-6-7-13(11,5)12(10,3)4/h9-11H,6-8H2,1-5H3/t10-,11+,13+/m1/s1. The van der Waals surface area contributed by atoms with Crippen molar-refractivity contribution in [1.29, 1.82) is 0 Å². The topological polar surface area (TPSA) is 0 Å². The third-order valence-corrected chi connectivity index (χ3v) is 5.67. The van der Waals surface area contributed by atoms with E-state index in [0.717, 1.165) is 17.8 Å². The summed E-state index contributed by atoms with van der Waals surface area (Å²) in [6, 6.07) is 0. The van der Waals surface area contributed by atoms with Gasteiger partial charge in [-0.15, -0.1) is 0 Å². The summed E-state index contributed by atoms with van der Waals surface area (Å²) in [6.07, 6.45) is 4.47. The summed E-state index contributed by atoms with van der Waals surface area (Å²) >= 11 is 0. The van der Waals surface area contributed by atoms with Crippen LogP contribution in [0.25, 0.3) is 0 Å². The predicted molar refractivity (Wildman–Crippen MR) is 57.6 cm³/mol. The summed E-state index contributed by atoms with van der Waals surface area (Å²) in [7, 11) is 0. The molecule has 0 radical (unpaired) electrons. The van der Waals surface area contributed by atoms with E-state index in [4.69, 9.17) is 0 Å². The summed E-state index contributed by atoms with van der Waals surface area (Å²) in [5.74, 6) is 2.89. The van der Waals surface area contributed by atoms with Crippen molar-refractivity contribution < 1.29 is 0 Å². The van der Waals surface area contributed by atoms with E-state index in [1.54, 1.807) is 0 Å². The zero-order chi connectivity index (χ0) is 9.85. The highest BCUT2D eigenvalue weighted by Gasteiger charge is 2.61. The monoisotopic (exact) mass is 180 g/mol. The molecule has 0 aromatic heterocycles. The zero-order valence-electron chi connectivity index (χ0n) is 9.85. The van der Waals surface area contributed by atoms with E-state index in [-0.39, 0.29) is 0 Å². The number of hydrogen-bond donors (Lipinski definition) is 0. The highest BCUT2D eigenvalue weighted by Crippen LogP contribution is 2.69. The molecule has 76 valence electrons. The second kappa shape index (κ2) is 2.52. The van der Waals surface area contributed by atoms with E-state index in [1.165, 1.54) is 19.3 Å². The first-order valence-electron chi connectivity index (χ1n) is 5.89. The first kappa shape index (κ1) is 9.55. The van der Waals surface area contributed by atoms with E-state index in [0.29, 0.717) is 10.8 Å². The molecule has 0 saturated heterocycles. The molecular formula is C13H24. The van der Waals surface area contributed by atoms with Crippen LogP contribution in [0.5, 0.6) is 0 Å². The van der Waals surface area contributed by atoms with Crippen LogP contribution in [0.15, 0.2) is 0 Å². The lowest BCUT2D eigenvalue weighted by molar-refractivity contribution is 0.0766. The van der Waals surface area contributed by atoms with Crippen LogP contribution in [0.3, 0.4) is 0 Å². The zero-order valence-corrected chi connectivity index (χ0v) is 9.85. The Hall–Kier alpha value is 0. The molecule has 0 aromatic rings. The fourth-order valence-corrected chi connectivity index (χ4v) is 4.27. The summed E-state index contributed by atoms with van der Waals surface area (Å²) in [5, 5.41) is 0. The van der Waals surface area contributed by atoms with Crippen molar-refractivity contribution in [3.63, 3.8) is 0 Å². The fraction of sp³-hybridized carbons (Fsp3) is 1.00. The average molecular weight is 180 g/mol. The minimum atomic E-state index is 0.613. The molecule has 2 aliphatic carbocycles. The molecule has 2 fully saturated rings. The number of rotatable bonds is 1. The Morgan fingerprint density at radius 2 is 1.77 bits per heavy atom. The number of hydrogen-bond acceptors (Lipinski definition) is 0. The van der Waals surface area contributed by atoms with Crippen LogP contribution >= 0.6 is 0 Å². The van der Waals surface area contributed by atoms with Gasteiger partial charge in [0.15, 0.2) is 0 Å². The molecule has 0 heteroatoms. The first-order valence-corrected chi connectivity index (χ1v) is 5.89. The maximum Gasteiger partial charge on any atom is -0.0241 e. The molecule has 0 amide bonds. The van der Waals surface area contributed by atoms with Crippen LogP contribution in [0.1, 0.15) is 53.9 Å². The number of fused-ring (bicyclic) bond motifs is 2. The van der Waals surface area contributed by atoms with Gasteiger partial charge in [-0.3, -0.25) is 0 Å². The SMILES string of the molecule is CC(C)[C@@H]1C[C@H]2CC[C@]1(C)C2(C)C. The van der Waals surface area contributed by atoms with E-state index in [1.807, 2.05) is 0 Å². The van der Waals surface area contributed by atoms with Gasteiger partial charge in [-0.05, 0) is 47.8 Å². The van der Waals surface area contributed by atoms with Gasteiger partial charge in [-0.2, -0.15) is 0 Å². The Labute approximate surface area is 83.1 Å². The Morgan fingerprint density at radius 3 is 2.00 bits per heavy atom. The van der Waals surface area contributed by atoms with Crippen molar-refractivity contribution in [2.45, 2.75) is 53.9 Å². The summed E-state index contributed by atoms with van der Waals surface area (Å²) in [6.45, 7) is 12.4. The molecule has 2 aliphatic rings. The van der Waals surface area contributed by atoms with E-state index in [2.05, 4.69) is 34.6 Å². The lowest BCUT2D eigenvalue weighted by atomic mass is 9.64. The highest BCUT2D eigenvalue weighted by molar-refractivity contribution is 5.10. The van der Waals surface area contributed by atoms with Crippen molar-refractivity contribution in [3.05, 3.63) is 0 Å². The van der Waals surface area contributed by atoms with Crippen molar-refractivity contribution in [2.75, 3.05) is 0 Å². The Kier molecular flexibility index (Phi) is 1.85. The lowest BCUT2D eigenvalue weighted by Crippen LogP contribution is -2.34. The molecule has 2 rings (SSSR count). The molecule has 2 saturated carbocycles. The Balaban J connectivity index is 2.33. The summed E-state index contributed by atoms with van der Waals surface area (Å²) in [4.78, 5) is 0. The smallest absolute Gasteiger partial charge is 0.0241 e. The van der Waals surface area contributed by atoms with Crippen LogP contribution < -0.4 is 0 Å². The van der Waals surface area contributed by atoms with Gasteiger partial charge in [0, 0.05) is 0 Å². The second-order valence-electron chi connectivity index (χ2n) is 6.46. The molecule has 0 heterocycles. The van der Waals surface area contributed by atoms with Crippen LogP contribution in [0, 0.1) is 28.6 Å². The van der Waals surface area contributed by atoms with Crippen LogP contribution in [0.2, 0.25) is 0 Å². The Bertz CT molecular complexity index is 214. The normalized spacial score (nSPS) is 47.5.